The van der Waals surface area contributed by atoms with Crippen molar-refractivity contribution in [3.63, 3.8) is 0 Å². The largest absolute Gasteiger partial charge is 0.490 e. The van der Waals surface area contributed by atoms with Gasteiger partial charge >= 0.3 is 12.3 Å². The Morgan fingerprint density at radius 2 is 1.63 bits per heavy atom. The van der Waals surface area contributed by atoms with Crippen molar-refractivity contribution in [2.24, 2.45) is 5.92 Å². The van der Waals surface area contributed by atoms with Crippen LogP contribution in [-0.2, 0) is 14.6 Å². The van der Waals surface area contributed by atoms with Crippen LogP contribution in [0.2, 0.25) is 0 Å². The lowest BCUT2D eigenvalue weighted by Crippen LogP contribution is -2.61. The molecule has 2 bridgehead atoms. The second-order valence-electron chi connectivity index (χ2n) is 11.3. The van der Waals surface area contributed by atoms with Crippen LogP contribution in [0.3, 0.4) is 0 Å². The van der Waals surface area contributed by atoms with Gasteiger partial charge in [-0.2, -0.15) is 13.2 Å². The third kappa shape index (κ3) is 5.35. The van der Waals surface area contributed by atoms with Crippen LogP contribution < -0.4 is 4.74 Å². The second-order valence-corrected chi connectivity index (χ2v) is 13.3. The number of halogens is 4. The summed E-state index contributed by atoms with van der Waals surface area (Å²) in [4.78, 5) is 16.7. The first-order chi connectivity index (χ1) is 17.9. The lowest BCUT2D eigenvalue weighted by molar-refractivity contribution is -0.287. The van der Waals surface area contributed by atoms with Gasteiger partial charge in [-0.15, -0.1) is 0 Å². The highest BCUT2D eigenvalue weighted by Crippen LogP contribution is 2.49. The molecular formula is C26H34F4N2O5S. The van der Waals surface area contributed by atoms with E-state index in [1.807, 2.05) is 0 Å². The number of ether oxygens (including phenoxy) is 2. The molecule has 0 spiro atoms. The number of sulfone groups is 1. The quantitative estimate of drug-likeness (QED) is 0.458. The summed E-state index contributed by atoms with van der Waals surface area (Å²) < 4.78 is 88.8. The first-order valence-corrected chi connectivity index (χ1v) is 15.2. The average molecular weight is 563 g/mol. The van der Waals surface area contributed by atoms with Crippen LogP contribution in [0.1, 0.15) is 57.8 Å². The van der Waals surface area contributed by atoms with E-state index in [1.165, 1.54) is 12.1 Å². The zero-order valence-corrected chi connectivity index (χ0v) is 22.2. The molecule has 2 unspecified atom stereocenters. The summed E-state index contributed by atoms with van der Waals surface area (Å²) in [7, 11) is -3.49. The topological polar surface area (TPSA) is 76.2 Å². The van der Waals surface area contributed by atoms with Gasteiger partial charge in [0.05, 0.1) is 11.5 Å². The molecule has 1 amide bonds. The Morgan fingerprint density at radius 1 is 1.03 bits per heavy atom. The monoisotopic (exact) mass is 562 g/mol. The Balaban J connectivity index is 1.10. The zero-order valence-electron chi connectivity index (χ0n) is 21.4. The molecule has 2 atom stereocenters. The van der Waals surface area contributed by atoms with E-state index in [9.17, 15) is 30.8 Å². The number of carbonyl (C=O) groups excluding carboxylic acids is 1. The molecule has 5 rings (SSSR count). The lowest BCUT2D eigenvalue weighted by Gasteiger charge is -2.47. The number of piperazine rings is 1. The summed E-state index contributed by atoms with van der Waals surface area (Å²) in [6, 6.07) is 3.71. The van der Waals surface area contributed by atoms with Gasteiger partial charge in [0.1, 0.15) is 0 Å². The normalized spacial score (nSPS) is 29.6. The van der Waals surface area contributed by atoms with Crippen molar-refractivity contribution >= 4 is 15.9 Å². The van der Waals surface area contributed by atoms with E-state index in [0.29, 0.717) is 32.2 Å². The Labute approximate surface area is 220 Å². The van der Waals surface area contributed by atoms with Crippen molar-refractivity contribution in [2.75, 3.05) is 26.0 Å². The highest BCUT2D eigenvalue weighted by atomic mass is 32.2. The maximum atomic E-state index is 14.3. The molecule has 0 N–H and O–H groups in total. The first kappa shape index (κ1) is 27.5. The number of carbonyl (C=O) groups is 1. The molecule has 212 valence electrons. The Morgan fingerprint density at radius 3 is 2.13 bits per heavy atom. The predicted octanol–water partition coefficient (Wildman–Crippen LogP) is 4.94. The summed E-state index contributed by atoms with van der Waals surface area (Å²) >= 11 is 0. The van der Waals surface area contributed by atoms with Crippen molar-refractivity contribution in [1.29, 1.82) is 0 Å². The molecule has 12 heteroatoms. The summed E-state index contributed by atoms with van der Waals surface area (Å²) in [6.07, 6.45) is 0.883. The maximum absolute atomic E-state index is 14.3. The fourth-order valence-electron chi connectivity index (χ4n) is 6.41. The third-order valence-electron chi connectivity index (χ3n) is 8.82. The minimum atomic E-state index is -4.55. The number of nitrogens with zero attached hydrogens (tertiary/aromatic N) is 2. The van der Waals surface area contributed by atoms with Crippen molar-refractivity contribution in [1.82, 2.24) is 9.80 Å². The molecule has 4 aliphatic rings. The van der Waals surface area contributed by atoms with Gasteiger partial charge in [-0.05, 0) is 81.9 Å². The van der Waals surface area contributed by atoms with E-state index in [4.69, 9.17) is 9.47 Å². The average Bonchev–Trinajstić information content (AvgIpc) is 3.09. The third-order valence-corrected chi connectivity index (χ3v) is 9.93. The summed E-state index contributed by atoms with van der Waals surface area (Å²) in [5.41, 5.74) is -2.32. The van der Waals surface area contributed by atoms with Gasteiger partial charge in [0.15, 0.2) is 21.4 Å². The number of alkyl halides is 3. The first-order valence-electron chi connectivity index (χ1n) is 13.3. The van der Waals surface area contributed by atoms with E-state index in [1.54, 1.807) is 4.90 Å². The number of hydrogen-bond donors (Lipinski definition) is 0. The van der Waals surface area contributed by atoms with Gasteiger partial charge in [0.2, 0.25) is 5.60 Å². The Hall–Kier alpha value is -2.08. The van der Waals surface area contributed by atoms with Crippen LogP contribution in [0.15, 0.2) is 23.1 Å². The minimum absolute atomic E-state index is 0.0355. The van der Waals surface area contributed by atoms with Crippen molar-refractivity contribution in [3.05, 3.63) is 24.0 Å². The molecule has 4 fully saturated rings. The Bertz CT molecular complexity index is 1130. The molecular weight excluding hydrogens is 528 g/mol. The molecule has 1 aromatic carbocycles. The summed E-state index contributed by atoms with van der Waals surface area (Å²) in [5.74, 6) is -0.422. The molecule has 2 aliphatic carbocycles. The SMILES string of the molecule is CS(=O)(=O)c1ccc(OCC2CCC(N3CC4CCC(C3)N4C(=O)OC3(C(F)(F)F)CCC3)CC2)c(F)c1. The molecule has 2 aliphatic heterocycles. The van der Waals surface area contributed by atoms with Crippen molar-refractivity contribution in [2.45, 2.75) is 92.6 Å². The number of hydrogen-bond acceptors (Lipinski definition) is 6. The van der Waals surface area contributed by atoms with Gasteiger partial charge in [-0.3, -0.25) is 9.80 Å². The van der Waals surface area contributed by atoms with Gasteiger partial charge in [0, 0.05) is 37.5 Å². The van der Waals surface area contributed by atoms with Crippen molar-refractivity contribution < 1.29 is 40.2 Å². The number of fused-ring (bicyclic) bond motifs is 2. The standard InChI is InChI=1S/C26H34F4N2O5S/c1-38(34,35)21-9-10-23(22(27)13-21)36-16-17-3-5-18(6-4-17)31-14-19-7-8-20(15-31)32(19)24(33)37-25(11-2-12-25)26(28,29)30/h9-10,13,17-20H,2-8,11-12,14-16H2,1H3. The molecule has 38 heavy (non-hydrogen) atoms. The summed E-state index contributed by atoms with van der Waals surface area (Å²) in [5, 5.41) is 0. The van der Waals surface area contributed by atoms with Gasteiger partial charge in [-0.25, -0.2) is 17.6 Å². The molecule has 2 saturated heterocycles. The van der Waals surface area contributed by atoms with Crippen molar-refractivity contribution in [3.8, 4) is 5.75 Å². The molecule has 0 radical (unpaired) electrons. The maximum Gasteiger partial charge on any atom is 0.428 e. The fraction of sp³-hybridized carbons (Fsp3) is 0.731. The molecule has 2 heterocycles. The molecule has 2 saturated carbocycles. The van der Waals surface area contributed by atoms with Crippen LogP contribution in [0.4, 0.5) is 22.4 Å². The molecule has 0 aromatic heterocycles. The zero-order chi connectivity index (χ0) is 27.3. The predicted molar refractivity (Wildman–Crippen MR) is 130 cm³/mol. The highest BCUT2D eigenvalue weighted by molar-refractivity contribution is 7.90. The van der Waals surface area contributed by atoms with Crippen LogP contribution >= 0.6 is 0 Å². The van der Waals surface area contributed by atoms with E-state index >= 15 is 0 Å². The summed E-state index contributed by atoms with van der Waals surface area (Å²) in [6.45, 7) is 1.61. The van der Waals surface area contributed by atoms with Crippen LogP contribution in [0, 0.1) is 11.7 Å². The van der Waals surface area contributed by atoms with Gasteiger partial charge < -0.3 is 9.47 Å². The van der Waals surface area contributed by atoms with Crippen LogP contribution in [-0.4, -0.2) is 80.2 Å². The minimum Gasteiger partial charge on any atom is -0.490 e. The smallest absolute Gasteiger partial charge is 0.428 e. The Kier molecular flexibility index (Phi) is 7.34. The van der Waals surface area contributed by atoms with E-state index in [2.05, 4.69) is 4.90 Å². The number of rotatable bonds is 6. The highest BCUT2D eigenvalue weighted by Gasteiger charge is 2.62. The van der Waals surface area contributed by atoms with Crippen LogP contribution in [0.5, 0.6) is 5.75 Å². The van der Waals surface area contributed by atoms with E-state index in [0.717, 1.165) is 50.8 Å². The number of amides is 1. The fourth-order valence-corrected chi connectivity index (χ4v) is 7.04. The van der Waals surface area contributed by atoms with Gasteiger partial charge in [0.25, 0.3) is 0 Å². The van der Waals surface area contributed by atoms with Gasteiger partial charge in [-0.1, -0.05) is 0 Å². The lowest BCUT2D eigenvalue weighted by atomic mass is 9.79. The van der Waals surface area contributed by atoms with E-state index < -0.39 is 33.5 Å². The number of benzene rings is 1. The molecule has 1 aromatic rings. The number of likely N-dealkylation sites (tertiary alicyclic amines) is 1. The second kappa shape index (κ2) is 10.1. The van der Waals surface area contributed by atoms with E-state index in [-0.39, 0.29) is 41.5 Å². The molecule has 7 nitrogen and oxygen atoms in total. The van der Waals surface area contributed by atoms with Crippen LogP contribution in [0.25, 0.3) is 0 Å².